The monoisotopic (exact) mass is 318 g/mol. The van der Waals surface area contributed by atoms with Crippen LogP contribution < -0.4 is 5.32 Å². The van der Waals surface area contributed by atoms with Crippen LogP contribution in [0.1, 0.15) is 15.9 Å². The van der Waals surface area contributed by atoms with E-state index in [1.54, 1.807) is 18.3 Å². The number of nitrogens with zero attached hydrogens (tertiary/aromatic N) is 1. The minimum absolute atomic E-state index is 0.0715. The Morgan fingerprint density at radius 2 is 2.24 bits per heavy atom. The highest BCUT2D eigenvalue weighted by atomic mass is 35.5. The zero-order valence-corrected chi connectivity index (χ0v) is 12.5. The molecule has 0 unspecified atom stereocenters. The number of aromatic nitrogens is 1. The first-order valence-corrected chi connectivity index (χ1v) is 7.69. The Kier molecular flexibility index (Phi) is 3.94. The number of halogens is 1. The highest BCUT2D eigenvalue weighted by Crippen LogP contribution is 2.30. The van der Waals surface area contributed by atoms with E-state index in [2.05, 4.69) is 10.3 Å². The van der Waals surface area contributed by atoms with Crippen molar-refractivity contribution in [2.45, 2.75) is 11.4 Å². The van der Waals surface area contributed by atoms with E-state index < -0.39 is 0 Å². The maximum atomic E-state index is 12.3. The van der Waals surface area contributed by atoms with Crippen LogP contribution in [0, 0.1) is 0 Å². The first-order valence-electron chi connectivity index (χ1n) is 6.33. The molecule has 0 atom stereocenters. The maximum Gasteiger partial charge on any atom is 0.228 e. The van der Waals surface area contributed by atoms with Gasteiger partial charge in [0.1, 0.15) is 0 Å². The fraction of sp³-hybridized carbons (Fsp3) is 0.133. The fourth-order valence-corrected chi connectivity index (χ4v) is 3.13. The van der Waals surface area contributed by atoms with Crippen molar-refractivity contribution < 1.29 is 9.59 Å². The number of rotatable bonds is 4. The number of benzene rings is 1. The molecule has 2 aromatic rings. The number of hydrogen-bond acceptors (Lipinski definition) is 4. The first kappa shape index (κ1) is 14.1. The normalized spacial score (nSPS) is 12.9. The lowest BCUT2D eigenvalue weighted by atomic mass is 10.1. The number of hydrogen-bond donors (Lipinski definition) is 1. The number of thioether (sulfide) groups is 1. The third-order valence-corrected chi connectivity index (χ3v) is 4.36. The quantitative estimate of drug-likeness (QED) is 0.694. The van der Waals surface area contributed by atoms with Crippen molar-refractivity contribution >= 4 is 40.7 Å². The minimum atomic E-state index is -0.0754. The summed E-state index contributed by atoms with van der Waals surface area (Å²) in [6, 6.07) is 8.90. The summed E-state index contributed by atoms with van der Waals surface area (Å²) in [4.78, 5) is 27.8. The number of ketones is 1. The minimum Gasteiger partial charge on any atom is -0.325 e. The second-order valence-electron chi connectivity index (χ2n) is 4.59. The molecule has 6 heteroatoms. The largest absolute Gasteiger partial charge is 0.325 e. The van der Waals surface area contributed by atoms with Gasteiger partial charge in [-0.2, -0.15) is 0 Å². The van der Waals surface area contributed by atoms with E-state index in [-0.39, 0.29) is 17.4 Å². The molecule has 0 saturated carbocycles. The molecule has 1 aliphatic heterocycles. The molecule has 0 saturated heterocycles. The molecule has 0 spiro atoms. The van der Waals surface area contributed by atoms with Crippen LogP contribution in [0.25, 0.3) is 0 Å². The fourth-order valence-electron chi connectivity index (χ4n) is 2.11. The number of Topliss-reactive ketones (excluding diaryl/α,β-unsaturated/α-hetero) is 1. The Labute approximate surface area is 130 Å². The Bertz CT molecular complexity index is 719. The van der Waals surface area contributed by atoms with Gasteiger partial charge in [-0.05, 0) is 29.8 Å². The van der Waals surface area contributed by atoms with E-state index in [9.17, 15) is 9.59 Å². The Morgan fingerprint density at radius 1 is 1.38 bits per heavy atom. The number of carbonyl (C=O) groups is 2. The average molecular weight is 319 g/mol. The number of anilines is 1. The zero-order chi connectivity index (χ0) is 14.8. The van der Waals surface area contributed by atoms with Gasteiger partial charge in [0.15, 0.2) is 5.78 Å². The van der Waals surface area contributed by atoms with Crippen molar-refractivity contribution in [2.24, 2.45) is 0 Å². The van der Waals surface area contributed by atoms with Crippen LogP contribution in [0.4, 0.5) is 5.69 Å². The van der Waals surface area contributed by atoms with E-state index in [1.807, 2.05) is 18.2 Å². The molecule has 21 heavy (non-hydrogen) atoms. The van der Waals surface area contributed by atoms with Gasteiger partial charge in [0.2, 0.25) is 5.91 Å². The molecule has 0 fully saturated rings. The molecule has 2 heterocycles. The van der Waals surface area contributed by atoms with Crippen LogP contribution in [-0.2, 0) is 11.2 Å². The van der Waals surface area contributed by atoms with Crippen LogP contribution in [0.5, 0.6) is 0 Å². The molecule has 0 bridgehead atoms. The van der Waals surface area contributed by atoms with Crippen molar-refractivity contribution in [1.82, 2.24) is 4.98 Å². The molecule has 0 aliphatic carbocycles. The molecular formula is C15H11ClN2O2S. The van der Waals surface area contributed by atoms with Gasteiger partial charge in [-0.15, -0.1) is 0 Å². The molecule has 1 N–H and O–H groups in total. The molecule has 0 radical (unpaired) electrons. The topological polar surface area (TPSA) is 59.1 Å². The molecule has 106 valence electrons. The maximum absolute atomic E-state index is 12.3. The predicted molar refractivity (Wildman–Crippen MR) is 83.1 cm³/mol. The van der Waals surface area contributed by atoms with E-state index in [1.165, 1.54) is 11.8 Å². The van der Waals surface area contributed by atoms with Gasteiger partial charge in [0.05, 0.1) is 22.2 Å². The van der Waals surface area contributed by atoms with E-state index >= 15 is 0 Å². The third kappa shape index (κ3) is 3.09. The summed E-state index contributed by atoms with van der Waals surface area (Å²) in [5, 5.41) is 3.87. The Hall–Kier alpha value is -1.85. The van der Waals surface area contributed by atoms with Crippen molar-refractivity contribution in [1.29, 1.82) is 0 Å². The van der Waals surface area contributed by atoms with Gasteiger partial charge >= 0.3 is 0 Å². The van der Waals surface area contributed by atoms with Gasteiger partial charge in [-0.1, -0.05) is 29.4 Å². The number of nitrogens with one attached hydrogen (secondary N) is 1. The lowest BCUT2D eigenvalue weighted by Crippen LogP contribution is -2.04. The van der Waals surface area contributed by atoms with Crippen molar-refractivity contribution in [2.75, 3.05) is 11.1 Å². The van der Waals surface area contributed by atoms with Crippen LogP contribution in [0.2, 0.25) is 5.02 Å². The number of fused-ring (bicyclic) bond motifs is 1. The summed E-state index contributed by atoms with van der Waals surface area (Å²) in [6.45, 7) is 0. The van der Waals surface area contributed by atoms with Gasteiger partial charge in [0.25, 0.3) is 0 Å². The predicted octanol–water partition coefficient (Wildman–Crippen LogP) is 3.20. The summed E-state index contributed by atoms with van der Waals surface area (Å²) in [5.74, 6) is 0.114. The number of carbonyl (C=O) groups excluding carboxylic acids is 2. The third-order valence-electron chi connectivity index (χ3n) is 3.11. The Morgan fingerprint density at radius 3 is 3.00 bits per heavy atom. The van der Waals surface area contributed by atoms with Crippen molar-refractivity contribution in [3.63, 3.8) is 0 Å². The first-order chi connectivity index (χ1) is 10.1. The summed E-state index contributed by atoms with van der Waals surface area (Å²) >= 11 is 7.50. The van der Waals surface area contributed by atoms with E-state index in [0.717, 1.165) is 10.6 Å². The van der Waals surface area contributed by atoms with Crippen LogP contribution in [0.15, 0.2) is 41.6 Å². The molecule has 1 amide bonds. The number of pyridine rings is 1. The lowest BCUT2D eigenvalue weighted by Gasteiger charge is -2.06. The summed E-state index contributed by atoms with van der Waals surface area (Å²) in [6.07, 6.45) is 1.98. The van der Waals surface area contributed by atoms with Crippen LogP contribution >= 0.6 is 23.4 Å². The second-order valence-corrected chi connectivity index (χ2v) is 6.00. The highest BCUT2D eigenvalue weighted by Gasteiger charge is 2.21. The SMILES string of the molecule is O=C1Cc2cc(C(=O)CSc3ccccn3)c(Cl)cc2N1. The molecule has 1 aromatic carbocycles. The molecular weight excluding hydrogens is 308 g/mol. The summed E-state index contributed by atoms with van der Waals surface area (Å²) in [5.41, 5.74) is 1.96. The molecule has 1 aromatic heterocycles. The van der Waals surface area contributed by atoms with Gasteiger partial charge in [0, 0.05) is 17.4 Å². The summed E-state index contributed by atoms with van der Waals surface area (Å²) in [7, 11) is 0. The van der Waals surface area contributed by atoms with E-state index in [0.29, 0.717) is 22.7 Å². The molecule has 3 rings (SSSR count). The number of amides is 1. The molecule has 4 nitrogen and oxygen atoms in total. The Balaban J connectivity index is 1.76. The lowest BCUT2D eigenvalue weighted by molar-refractivity contribution is -0.115. The van der Waals surface area contributed by atoms with Crippen LogP contribution in [0.3, 0.4) is 0 Å². The smallest absolute Gasteiger partial charge is 0.228 e. The standard InChI is InChI=1S/C15H11ClN2O2S/c16-11-7-12-9(6-14(20)18-12)5-10(11)13(19)8-21-15-3-1-2-4-17-15/h1-5,7H,6,8H2,(H,18,20). The summed E-state index contributed by atoms with van der Waals surface area (Å²) < 4.78 is 0. The van der Waals surface area contributed by atoms with E-state index in [4.69, 9.17) is 11.6 Å². The van der Waals surface area contributed by atoms with Gasteiger partial charge in [-0.3, -0.25) is 9.59 Å². The zero-order valence-electron chi connectivity index (χ0n) is 10.9. The average Bonchev–Trinajstić information content (AvgIpc) is 2.84. The van der Waals surface area contributed by atoms with Crippen LogP contribution in [-0.4, -0.2) is 22.4 Å². The van der Waals surface area contributed by atoms with Gasteiger partial charge in [-0.25, -0.2) is 4.98 Å². The highest BCUT2D eigenvalue weighted by molar-refractivity contribution is 7.99. The second kappa shape index (κ2) is 5.87. The van der Waals surface area contributed by atoms with Crippen molar-refractivity contribution in [3.05, 3.63) is 52.7 Å². The van der Waals surface area contributed by atoms with Gasteiger partial charge < -0.3 is 5.32 Å². The molecule has 1 aliphatic rings. The van der Waals surface area contributed by atoms with Crippen molar-refractivity contribution in [3.8, 4) is 0 Å².